The molecule has 0 unspecified atom stereocenters. The first-order chi connectivity index (χ1) is 10.1. The predicted molar refractivity (Wildman–Crippen MR) is 76.7 cm³/mol. The minimum atomic E-state index is -0.548. The average molecular weight is 288 g/mol. The summed E-state index contributed by atoms with van der Waals surface area (Å²) in [4.78, 5) is 0. The van der Waals surface area contributed by atoms with Crippen LogP contribution in [0.3, 0.4) is 0 Å². The van der Waals surface area contributed by atoms with Crippen molar-refractivity contribution in [1.82, 2.24) is 0 Å². The van der Waals surface area contributed by atoms with Crippen molar-refractivity contribution in [2.75, 3.05) is 13.2 Å². The molecular weight excluding hydrogens is 268 g/mol. The van der Waals surface area contributed by atoms with E-state index in [0.29, 0.717) is 13.2 Å². The van der Waals surface area contributed by atoms with Crippen molar-refractivity contribution in [1.29, 1.82) is 0 Å². The zero-order valence-electron chi connectivity index (χ0n) is 12.4. The highest BCUT2D eigenvalue weighted by Gasteiger charge is 2.64. The molecule has 0 N–H and O–H groups in total. The van der Waals surface area contributed by atoms with Gasteiger partial charge in [-0.1, -0.05) is 30.3 Å². The lowest BCUT2D eigenvalue weighted by molar-refractivity contribution is -0.150. The maximum Gasteiger partial charge on any atom is 0.164 e. The molecule has 1 aromatic carbocycles. The largest absolute Gasteiger partial charge is 0.372 e. The molecule has 1 aromatic rings. The quantitative estimate of drug-likeness (QED) is 0.630. The van der Waals surface area contributed by atoms with E-state index in [9.17, 15) is 0 Å². The maximum atomic E-state index is 6.01. The van der Waals surface area contributed by atoms with Crippen LogP contribution in [0.1, 0.15) is 19.4 Å². The molecule has 0 bridgehead atoms. The molecule has 0 aromatic heterocycles. The predicted octanol–water partition coefficient (Wildman–Crippen LogP) is 2.43. The van der Waals surface area contributed by atoms with Crippen LogP contribution < -0.4 is 0 Å². The Bertz CT molecular complexity index is 559. The van der Waals surface area contributed by atoms with Gasteiger partial charge in [-0.15, -0.1) is 0 Å². The van der Waals surface area contributed by atoms with Gasteiger partial charge in [0, 0.05) is 0 Å². The molecule has 1 spiro atoms. The summed E-state index contributed by atoms with van der Waals surface area (Å²) < 4.78 is 23.5. The van der Waals surface area contributed by atoms with Gasteiger partial charge in [-0.3, -0.25) is 0 Å². The second kappa shape index (κ2) is 4.65. The second-order valence-electron chi connectivity index (χ2n) is 6.42. The fourth-order valence-electron chi connectivity index (χ4n) is 3.18. The molecule has 2 aliphatic heterocycles. The summed E-state index contributed by atoms with van der Waals surface area (Å²) in [6, 6.07) is 10.2. The summed E-state index contributed by atoms with van der Waals surface area (Å²) in [6.45, 7) is 5.78. The van der Waals surface area contributed by atoms with Crippen molar-refractivity contribution >= 4 is 0 Å². The normalized spacial score (nSPS) is 35.8. The maximum absolute atomic E-state index is 6.01. The molecular formula is C17H20O4. The Labute approximate surface area is 124 Å². The number of hydrogen-bond acceptors (Lipinski definition) is 4. The Morgan fingerprint density at radius 3 is 2.62 bits per heavy atom. The summed E-state index contributed by atoms with van der Waals surface area (Å²) >= 11 is 0. The molecule has 0 amide bonds. The minimum Gasteiger partial charge on any atom is -0.372 e. The third kappa shape index (κ3) is 2.42. The molecule has 2 fully saturated rings. The van der Waals surface area contributed by atoms with Crippen molar-refractivity contribution in [2.24, 2.45) is 0 Å². The van der Waals surface area contributed by atoms with Gasteiger partial charge in [0.25, 0.3) is 0 Å². The smallest absolute Gasteiger partial charge is 0.164 e. The highest BCUT2D eigenvalue weighted by molar-refractivity contribution is 5.35. The van der Waals surface area contributed by atoms with Crippen LogP contribution in [0, 0.1) is 0 Å². The molecule has 21 heavy (non-hydrogen) atoms. The Morgan fingerprint density at radius 2 is 1.90 bits per heavy atom. The van der Waals surface area contributed by atoms with Gasteiger partial charge < -0.3 is 18.9 Å². The fraction of sp³-hybridized carbons (Fsp3) is 0.529. The molecule has 2 heterocycles. The standard InChI is InChI=1S/C17H20O4/c1-16(2)20-14-13(8-17(11-19-17)15(14)21-16)10-18-9-12-6-4-3-5-7-12/h3-8,14-15H,9-11H2,1-2H3/t14-,15-,17-/m0/s1. The van der Waals surface area contributed by atoms with E-state index in [1.54, 1.807) is 0 Å². The van der Waals surface area contributed by atoms with Crippen molar-refractivity contribution in [3.8, 4) is 0 Å². The lowest BCUT2D eigenvalue weighted by atomic mass is 10.1. The van der Waals surface area contributed by atoms with Gasteiger partial charge in [-0.25, -0.2) is 0 Å². The van der Waals surface area contributed by atoms with Gasteiger partial charge >= 0.3 is 0 Å². The van der Waals surface area contributed by atoms with Crippen LogP contribution in [0.4, 0.5) is 0 Å². The van der Waals surface area contributed by atoms with Crippen molar-refractivity contribution < 1.29 is 18.9 Å². The number of fused-ring (bicyclic) bond motifs is 2. The van der Waals surface area contributed by atoms with Gasteiger partial charge in [-0.05, 0) is 31.1 Å². The zero-order valence-corrected chi connectivity index (χ0v) is 12.4. The summed E-state index contributed by atoms with van der Waals surface area (Å²) in [5, 5.41) is 0. The highest BCUT2D eigenvalue weighted by atomic mass is 16.8. The van der Waals surface area contributed by atoms with E-state index in [4.69, 9.17) is 18.9 Å². The number of ether oxygens (including phenoxy) is 4. The van der Waals surface area contributed by atoms with Crippen LogP contribution in [-0.2, 0) is 25.6 Å². The number of hydrogen-bond donors (Lipinski definition) is 0. The molecule has 3 aliphatic rings. The lowest BCUT2D eigenvalue weighted by Crippen LogP contribution is -2.32. The Hall–Kier alpha value is -1.20. The third-order valence-corrected chi connectivity index (χ3v) is 4.23. The molecule has 112 valence electrons. The van der Waals surface area contributed by atoms with Gasteiger partial charge in [0.15, 0.2) is 5.79 Å². The topological polar surface area (TPSA) is 40.2 Å². The first-order valence-corrected chi connectivity index (χ1v) is 7.41. The van der Waals surface area contributed by atoms with E-state index in [0.717, 1.165) is 12.2 Å². The van der Waals surface area contributed by atoms with E-state index in [-0.39, 0.29) is 17.8 Å². The van der Waals surface area contributed by atoms with Crippen molar-refractivity contribution in [3.63, 3.8) is 0 Å². The van der Waals surface area contributed by atoms with E-state index in [1.807, 2.05) is 32.0 Å². The molecule has 0 radical (unpaired) electrons. The average Bonchev–Trinajstić information content (AvgIpc) is 3.09. The van der Waals surface area contributed by atoms with Crippen LogP contribution in [0.2, 0.25) is 0 Å². The molecule has 0 saturated carbocycles. The van der Waals surface area contributed by atoms with Crippen LogP contribution in [0.25, 0.3) is 0 Å². The highest BCUT2D eigenvalue weighted by Crippen LogP contribution is 2.50. The van der Waals surface area contributed by atoms with E-state index >= 15 is 0 Å². The second-order valence-corrected chi connectivity index (χ2v) is 6.42. The van der Waals surface area contributed by atoms with E-state index in [1.165, 1.54) is 5.56 Å². The van der Waals surface area contributed by atoms with Crippen LogP contribution in [0.5, 0.6) is 0 Å². The van der Waals surface area contributed by atoms with Crippen molar-refractivity contribution in [3.05, 3.63) is 47.5 Å². The monoisotopic (exact) mass is 288 g/mol. The molecule has 1 aliphatic carbocycles. The fourth-order valence-corrected chi connectivity index (χ4v) is 3.18. The summed E-state index contributed by atoms with van der Waals surface area (Å²) in [5.41, 5.74) is 2.05. The SMILES string of the molecule is CC1(C)O[C@H]2C(COCc3ccccc3)=C[C@]3(CO3)[C@H]2O1. The van der Waals surface area contributed by atoms with Crippen LogP contribution in [0.15, 0.2) is 42.0 Å². The van der Waals surface area contributed by atoms with Crippen LogP contribution >= 0.6 is 0 Å². The summed E-state index contributed by atoms with van der Waals surface area (Å²) in [7, 11) is 0. The van der Waals surface area contributed by atoms with Crippen molar-refractivity contribution in [2.45, 2.75) is 44.1 Å². The first-order valence-electron chi connectivity index (χ1n) is 7.41. The van der Waals surface area contributed by atoms with E-state index < -0.39 is 5.79 Å². The number of rotatable bonds is 4. The number of benzene rings is 1. The zero-order chi connectivity index (χ0) is 14.5. The number of epoxide rings is 1. The summed E-state index contributed by atoms with van der Waals surface area (Å²) in [5.74, 6) is -0.548. The molecule has 4 heteroatoms. The first kappa shape index (κ1) is 13.5. The minimum absolute atomic E-state index is 0.0252. The lowest BCUT2D eigenvalue weighted by Gasteiger charge is -2.19. The van der Waals surface area contributed by atoms with E-state index in [2.05, 4.69) is 18.2 Å². The Balaban J connectivity index is 1.41. The Kier molecular flexibility index (Phi) is 2.98. The van der Waals surface area contributed by atoms with Gasteiger partial charge in [0.05, 0.1) is 19.8 Å². The third-order valence-electron chi connectivity index (χ3n) is 4.23. The van der Waals surface area contributed by atoms with Gasteiger partial charge in [0.1, 0.15) is 17.8 Å². The Morgan fingerprint density at radius 1 is 1.14 bits per heavy atom. The molecule has 4 nitrogen and oxygen atoms in total. The van der Waals surface area contributed by atoms with Crippen LogP contribution in [-0.4, -0.2) is 36.8 Å². The van der Waals surface area contributed by atoms with Gasteiger partial charge in [0.2, 0.25) is 0 Å². The molecule has 2 saturated heterocycles. The molecule has 4 rings (SSSR count). The molecule has 3 atom stereocenters. The summed E-state index contributed by atoms with van der Waals surface area (Å²) in [6.07, 6.45) is 2.07. The van der Waals surface area contributed by atoms with Gasteiger partial charge in [-0.2, -0.15) is 0 Å².